The summed E-state index contributed by atoms with van der Waals surface area (Å²) in [5.74, 6) is 0.687. The summed E-state index contributed by atoms with van der Waals surface area (Å²) in [6.07, 6.45) is 0. The third kappa shape index (κ3) is 2.65. The number of carbonyl (C=O) groups excluding carboxylic acids is 1. The molecule has 0 bridgehead atoms. The van der Waals surface area contributed by atoms with Crippen molar-refractivity contribution in [1.29, 1.82) is 0 Å². The molecule has 1 amide bonds. The van der Waals surface area contributed by atoms with E-state index in [9.17, 15) is 4.79 Å². The smallest absolute Gasteiger partial charge is 0.295 e. The van der Waals surface area contributed by atoms with Crippen molar-refractivity contribution in [3.8, 4) is 0 Å². The Morgan fingerprint density at radius 2 is 2.00 bits per heavy atom. The molecule has 0 aliphatic heterocycles. The van der Waals surface area contributed by atoms with Gasteiger partial charge in [-0.05, 0) is 24.3 Å². The number of carbonyl (C=O) groups is 1. The lowest BCUT2D eigenvalue weighted by Gasteiger charge is -2.02. The molecule has 6 heteroatoms. The lowest BCUT2D eigenvalue weighted by Crippen LogP contribution is -2.13. The van der Waals surface area contributed by atoms with Crippen LogP contribution in [0, 0.1) is 0 Å². The molecule has 2 aromatic rings. The van der Waals surface area contributed by atoms with Crippen molar-refractivity contribution in [3.63, 3.8) is 0 Å². The lowest BCUT2D eigenvalue weighted by molar-refractivity contribution is 0.101. The van der Waals surface area contributed by atoms with Crippen LogP contribution in [-0.4, -0.2) is 21.1 Å². The van der Waals surface area contributed by atoms with Crippen molar-refractivity contribution in [2.45, 2.75) is 19.8 Å². The fourth-order valence-electron chi connectivity index (χ4n) is 1.39. The molecule has 0 aliphatic rings. The van der Waals surface area contributed by atoms with Crippen molar-refractivity contribution >= 4 is 17.3 Å². The minimum Gasteiger partial charge on any atom is -0.399 e. The van der Waals surface area contributed by atoms with Crippen LogP contribution in [-0.2, 0) is 0 Å². The number of nitrogens with two attached hydrogens (primary N) is 1. The average molecular weight is 245 g/mol. The summed E-state index contributed by atoms with van der Waals surface area (Å²) in [7, 11) is 0. The highest BCUT2D eigenvalue weighted by Gasteiger charge is 2.13. The fourth-order valence-corrected chi connectivity index (χ4v) is 1.39. The van der Waals surface area contributed by atoms with E-state index in [0.29, 0.717) is 17.2 Å². The molecule has 0 unspecified atom stereocenters. The standard InChI is InChI=1S/C12H15N5O/c1-7(2)10-15-11(17-16-10)12(18)14-9-5-3-8(13)4-6-9/h3-7H,13H2,1-2H3,(H,14,18)(H,15,16,17). The van der Waals surface area contributed by atoms with E-state index in [1.54, 1.807) is 24.3 Å². The number of hydrogen-bond donors (Lipinski definition) is 3. The molecule has 6 nitrogen and oxygen atoms in total. The number of rotatable bonds is 3. The second kappa shape index (κ2) is 4.87. The molecule has 0 spiro atoms. The summed E-state index contributed by atoms with van der Waals surface area (Å²) in [6.45, 7) is 3.95. The van der Waals surface area contributed by atoms with Gasteiger partial charge < -0.3 is 11.1 Å². The van der Waals surface area contributed by atoms with E-state index < -0.39 is 0 Å². The molecule has 0 saturated heterocycles. The minimum absolute atomic E-state index is 0.135. The van der Waals surface area contributed by atoms with Gasteiger partial charge in [0.2, 0.25) is 5.82 Å². The summed E-state index contributed by atoms with van der Waals surface area (Å²) >= 11 is 0. The van der Waals surface area contributed by atoms with Crippen molar-refractivity contribution in [2.75, 3.05) is 11.1 Å². The van der Waals surface area contributed by atoms with Crippen molar-refractivity contribution in [2.24, 2.45) is 0 Å². The molecule has 0 saturated carbocycles. The number of nitrogens with zero attached hydrogens (tertiary/aromatic N) is 2. The zero-order valence-electron chi connectivity index (χ0n) is 10.3. The number of benzene rings is 1. The Kier molecular flexibility index (Phi) is 3.27. The van der Waals surface area contributed by atoms with Gasteiger partial charge in [0.05, 0.1) is 0 Å². The Morgan fingerprint density at radius 3 is 2.56 bits per heavy atom. The number of amides is 1. The molecule has 94 valence electrons. The molecule has 0 radical (unpaired) electrons. The van der Waals surface area contributed by atoms with Gasteiger partial charge in [0.25, 0.3) is 5.91 Å². The van der Waals surface area contributed by atoms with Crippen LogP contribution < -0.4 is 11.1 Å². The fraction of sp³-hybridized carbons (Fsp3) is 0.250. The average Bonchev–Trinajstić information content (AvgIpc) is 2.81. The maximum atomic E-state index is 11.8. The van der Waals surface area contributed by atoms with Gasteiger partial charge in [-0.1, -0.05) is 13.8 Å². The first-order valence-corrected chi connectivity index (χ1v) is 5.65. The Balaban J connectivity index is 2.09. The monoisotopic (exact) mass is 245 g/mol. The van der Waals surface area contributed by atoms with E-state index >= 15 is 0 Å². The van der Waals surface area contributed by atoms with Gasteiger partial charge in [-0.2, -0.15) is 0 Å². The van der Waals surface area contributed by atoms with Crippen molar-refractivity contribution in [3.05, 3.63) is 35.9 Å². The van der Waals surface area contributed by atoms with E-state index in [1.165, 1.54) is 0 Å². The van der Waals surface area contributed by atoms with Gasteiger partial charge in [0.1, 0.15) is 5.82 Å². The first-order valence-electron chi connectivity index (χ1n) is 5.65. The quantitative estimate of drug-likeness (QED) is 0.718. The number of anilines is 2. The van der Waals surface area contributed by atoms with Crippen LogP contribution >= 0.6 is 0 Å². The van der Waals surface area contributed by atoms with E-state index in [2.05, 4.69) is 20.5 Å². The Bertz CT molecular complexity index is 544. The Hall–Kier alpha value is -2.37. The number of nitrogen functional groups attached to an aromatic ring is 1. The second-order valence-electron chi connectivity index (χ2n) is 4.28. The van der Waals surface area contributed by atoms with Gasteiger partial charge >= 0.3 is 0 Å². The molecule has 2 rings (SSSR count). The zero-order chi connectivity index (χ0) is 13.1. The third-order valence-electron chi connectivity index (χ3n) is 2.42. The van der Waals surface area contributed by atoms with Gasteiger partial charge in [-0.25, -0.2) is 4.98 Å². The Labute approximate surface area is 105 Å². The molecule has 1 aromatic carbocycles. The number of aromatic amines is 1. The van der Waals surface area contributed by atoms with E-state index in [4.69, 9.17) is 5.73 Å². The summed E-state index contributed by atoms with van der Waals surface area (Å²) in [4.78, 5) is 16.0. The summed E-state index contributed by atoms with van der Waals surface area (Å²) < 4.78 is 0. The van der Waals surface area contributed by atoms with Gasteiger partial charge in [0.15, 0.2) is 0 Å². The SMILES string of the molecule is CC(C)c1nc(C(=O)Nc2ccc(N)cc2)n[nH]1. The van der Waals surface area contributed by atoms with Crippen LogP contribution in [0.5, 0.6) is 0 Å². The molecule has 4 N–H and O–H groups in total. The highest BCUT2D eigenvalue weighted by molar-refractivity contribution is 6.01. The van der Waals surface area contributed by atoms with Gasteiger partial charge in [-0.15, -0.1) is 5.10 Å². The molecule has 0 atom stereocenters. The van der Waals surface area contributed by atoms with Crippen LogP contribution in [0.25, 0.3) is 0 Å². The maximum absolute atomic E-state index is 11.8. The third-order valence-corrected chi connectivity index (χ3v) is 2.42. The normalized spacial score (nSPS) is 10.6. The number of aromatic nitrogens is 3. The van der Waals surface area contributed by atoms with E-state index in [-0.39, 0.29) is 17.6 Å². The topological polar surface area (TPSA) is 96.7 Å². The number of H-pyrrole nitrogens is 1. The van der Waals surface area contributed by atoms with E-state index in [1.807, 2.05) is 13.8 Å². The highest BCUT2D eigenvalue weighted by Crippen LogP contribution is 2.12. The molecule has 1 heterocycles. The second-order valence-corrected chi connectivity index (χ2v) is 4.28. The van der Waals surface area contributed by atoms with Gasteiger partial charge in [-0.3, -0.25) is 9.89 Å². The van der Waals surface area contributed by atoms with Crippen LogP contribution in [0.1, 0.15) is 36.2 Å². The van der Waals surface area contributed by atoms with Crippen molar-refractivity contribution < 1.29 is 4.79 Å². The predicted molar refractivity (Wildman–Crippen MR) is 69.3 cm³/mol. The van der Waals surface area contributed by atoms with Gasteiger partial charge in [0, 0.05) is 17.3 Å². The summed E-state index contributed by atoms with van der Waals surface area (Å²) in [6, 6.07) is 6.88. The van der Waals surface area contributed by atoms with Crippen LogP contribution in [0.3, 0.4) is 0 Å². The zero-order valence-corrected chi connectivity index (χ0v) is 10.3. The van der Waals surface area contributed by atoms with E-state index in [0.717, 1.165) is 0 Å². The maximum Gasteiger partial charge on any atom is 0.295 e. The van der Waals surface area contributed by atoms with Crippen LogP contribution in [0.2, 0.25) is 0 Å². The molecule has 0 aliphatic carbocycles. The van der Waals surface area contributed by atoms with Crippen molar-refractivity contribution in [1.82, 2.24) is 15.2 Å². The Morgan fingerprint density at radius 1 is 1.33 bits per heavy atom. The highest BCUT2D eigenvalue weighted by atomic mass is 16.2. The molecular formula is C12H15N5O. The largest absolute Gasteiger partial charge is 0.399 e. The molecule has 0 fully saturated rings. The number of hydrogen-bond acceptors (Lipinski definition) is 4. The summed E-state index contributed by atoms with van der Waals surface area (Å²) in [5, 5.41) is 9.32. The minimum atomic E-state index is -0.345. The molecule has 18 heavy (non-hydrogen) atoms. The van der Waals surface area contributed by atoms with Crippen LogP contribution in [0.4, 0.5) is 11.4 Å². The lowest BCUT2D eigenvalue weighted by atomic mass is 10.2. The molecular weight excluding hydrogens is 230 g/mol. The van der Waals surface area contributed by atoms with Crippen LogP contribution in [0.15, 0.2) is 24.3 Å². The number of nitrogens with one attached hydrogen (secondary N) is 2. The molecule has 1 aromatic heterocycles. The predicted octanol–water partition coefficient (Wildman–Crippen LogP) is 1.76. The summed E-state index contributed by atoms with van der Waals surface area (Å²) in [5.41, 5.74) is 6.87. The first-order chi connectivity index (χ1) is 8.56. The first kappa shape index (κ1) is 12.1.